The number of hydrogen-bond donors (Lipinski definition) is 4. The van der Waals surface area contributed by atoms with E-state index in [-0.39, 0.29) is 11.3 Å². The molecule has 0 fully saturated rings. The molecule has 0 bridgehead atoms. The highest BCUT2D eigenvalue weighted by Gasteiger charge is 2.26. The molecule has 2 atom stereocenters. The van der Waals surface area contributed by atoms with Crippen molar-refractivity contribution >= 4 is 17.7 Å². The van der Waals surface area contributed by atoms with E-state index in [9.17, 15) is 19.1 Å². The van der Waals surface area contributed by atoms with Crippen molar-refractivity contribution in [1.82, 2.24) is 0 Å². The van der Waals surface area contributed by atoms with Gasteiger partial charge >= 0.3 is 12.1 Å². The lowest BCUT2D eigenvalue weighted by Gasteiger charge is -2.20. The van der Waals surface area contributed by atoms with Crippen LogP contribution in [-0.2, 0) is 9.53 Å². The Kier molecular flexibility index (Phi) is 5.45. The predicted octanol–water partition coefficient (Wildman–Crippen LogP) is 1.62. The average Bonchev–Trinajstić information content (AvgIpc) is 2.34. The minimum absolute atomic E-state index is 0.103. The number of carbonyl (C=O) groups excluding carboxylic acids is 1. The van der Waals surface area contributed by atoms with E-state index in [2.05, 4.69) is 5.32 Å². The Morgan fingerprint density at radius 1 is 1.36 bits per heavy atom. The summed E-state index contributed by atoms with van der Waals surface area (Å²) in [5.41, 5.74) is 4.37. The summed E-state index contributed by atoms with van der Waals surface area (Å²) in [6.07, 6.45) is -2.46. The molecule has 1 rings (SSSR count). The van der Waals surface area contributed by atoms with Crippen LogP contribution in [0.2, 0.25) is 0 Å². The van der Waals surface area contributed by atoms with Crippen LogP contribution in [0.1, 0.15) is 32.4 Å². The number of rotatable bonds is 4. The molecule has 1 amide bonds. The van der Waals surface area contributed by atoms with E-state index in [1.807, 2.05) is 0 Å². The number of hydrogen-bond acceptors (Lipinski definition) is 5. The fourth-order valence-corrected chi connectivity index (χ4v) is 1.59. The van der Waals surface area contributed by atoms with Gasteiger partial charge in [-0.1, -0.05) is 6.07 Å². The maximum atomic E-state index is 13.9. The first-order chi connectivity index (χ1) is 10.0. The molecule has 5 N–H and O–H groups in total. The predicted molar refractivity (Wildman–Crippen MR) is 76.8 cm³/mol. The van der Waals surface area contributed by atoms with Crippen molar-refractivity contribution < 1.29 is 28.9 Å². The van der Waals surface area contributed by atoms with Gasteiger partial charge < -0.3 is 20.7 Å². The van der Waals surface area contributed by atoms with E-state index in [1.165, 1.54) is 6.07 Å². The van der Waals surface area contributed by atoms with Crippen LogP contribution in [0.5, 0.6) is 0 Å². The smallest absolute Gasteiger partial charge is 0.412 e. The molecule has 0 aliphatic rings. The molecule has 2 unspecified atom stereocenters. The van der Waals surface area contributed by atoms with Crippen molar-refractivity contribution in [3.63, 3.8) is 0 Å². The van der Waals surface area contributed by atoms with E-state index in [1.54, 1.807) is 20.8 Å². The molecule has 1 aromatic rings. The van der Waals surface area contributed by atoms with Crippen LogP contribution in [0, 0.1) is 5.82 Å². The van der Waals surface area contributed by atoms with Crippen LogP contribution in [0.3, 0.4) is 0 Å². The summed E-state index contributed by atoms with van der Waals surface area (Å²) in [6, 6.07) is 1.74. The topological polar surface area (TPSA) is 122 Å². The van der Waals surface area contributed by atoms with Gasteiger partial charge in [-0.3, -0.25) is 10.1 Å². The van der Waals surface area contributed by atoms with Crippen LogP contribution < -0.4 is 11.1 Å². The van der Waals surface area contributed by atoms with Gasteiger partial charge in [0.2, 0.25) is 0 Å². The van der Waals surface area contributed by atoms with Gasteiger partial charge in [0.25, 0.3) is 0 Å². The van der Waals surface area contributed by atoms with E-state index in [0.29, 0.717) is 0 Å². The number of aliphatic carboxylic acids is 1. The number of carboxylic acids is 1. The van der Waals surface area contributed by atoms with Gasteiger partial charge in [-0.25, -0.2) is 9.18 Å². The van der Waals surface area contributed by atoms with Crippen molar-refractivity contribution in [2.24, 2.45) is 5.73 Å². The van der Waals surface area contributed by atoms with Crippen LogP contribution in [0.4, 0.5) is 14.9 Å². The van der Waals surface area contributed by atoms with Crippen molar-refractivity contribution in [3.05, 3.63) is 29.6 Å². The summed E-state index contributed by atoms with van der Waals surface area (Å²) < 4.78 is 18.9. The third-order valence-electron chi connectivity index (χ3n) is 2.59. The number of carbonyl (C=O) groups is 2. The number of anilines is 1. The van der Waals surface area contributed by atoms with Crippen LogP contribution >= 0.6 is 0 Å². The van der Waals surface area contributed by atoms with Gasteiger partial charge in [0.1, 0.15) is 23.6 Å². The van der Waals surface area contributed by atoms with Crippen LogP contribution in [0.15, 0.2) is 18.2 Å². The SMILES string of the molecule is CC(C)(C)OC(=O)Nc1ccc(C(O)C(N)C(=O)O)c(F)c1. The Hall–Kier alpha value is -2.19. The summed E-state index contributed by atoms with van der Waals surface area (Å²) >= 11 is 0. The quantitative estimate of drug-likeness (QED) is 0.670. The Labute approximate surface area is 126 Å². The first-order valence-electron chi connectivity index (χ1n) is 6.47. The first kappa shape index (κ1) is 17.9. The second-order valence-corrected chi connectivity index (χ2v) is 5.67. The Bertz CT molecular complexity index is 571. The second kappa shape index (κ2) is 6.71. The van der Waals surface area contributed by atoms with Gasteiger partial charge in [-0.15, -0.1) is 0 Å². The molecule has 1 aromatic carbocycles. The first-order valence-corrected chi connectivity index (χ1v) is 6.47. The number of carboxylic acid groups (broad SMARTS) is 1. The van der Waals surface area contributed by atoms with Gasteiger partial charge in [0, 0.05) is 11.3 Å². The lowest BCUT2D eigenvalue weighted by atomic mass is 10.0. The Balaban J connectivity index is 2.86. The van der Waals surface area contributed by atoms with Gasteiger partial charge in [-0.05, 0) is 32.9 Å². The number of halogens is 1. The molecule has 0 heterocycles. The fourth-order valence-electron chi connectivity index (χ4n) is 1.59. The van der Waals surface area contributed by atoms with Gasteiger partial charge in [0.05, 0.1) is 0 Å². The molecule has 0 aliphatic carbocycles. The molecule has 0 aromatic heterocycles. The summed E-state index contributed by atoms with van der Waals surface area (Å²) in [5, 5.41) is 20.7. The average molecular weight is 314 g/mol. The van der Waals surface area contributed by atoms with Gasteiger partial charge in [0.15, 0.2) is 0 Å². The Morgan fingerprint density at radius 2 is 1.95 bits per heavy atom. The largest absolute Gasteiger partial charge is 0.480 e. The minimum atomic E-state index is -1.70. The Morgan fingerprint density at radius 3 is 2.41 bits per heavy atom. The molecule has 22 heavy (non-hydrogen) atoms. The number of aliphatic hydroxyl groups is 1. The summed E-state index contributed by atoms with van der Waals surface area (Å²) in [4.78, 5) is 22.2. The van der Waals surface area contributed by atoms with Crippen molar-refractivity contribution in [2.45, 2.75) is 38.5 Å². The monoisotopic (exact) mass is 314 g/mol. The maximum absolute atomic E-state index is 13.9. The zero-order chi connectivity index (χ0) is 17.1. The maximum Gasteiger partial charge on any atom is 0.412 e. The third-order valence-corrected chi connectivity index (χ3v) is 2.59. The molecule has 0 radical (unpaired) electrons. The molecule has 0 aliphatic heterocycles. The molecular formula is C14H19FN2O5. The van der Waals surface area contributed by atoms with Crippen molar-refractivity contribution in [1.29, 1.82) is 0 Å². The normalized spacial score (nSPS) is 14.1. The zero-order valence-corrected chi connectivity index (χ0v) is 12.5. The van der Waals surface area contributed by atoms with E-state index in [0.717, 1.165) is 12.1 Å². The number of nitrogens with two attached hydrogens (primary N) is 1. The van der Waals surface area contributed by atoms with Crippen LogP contribution in [-0.4, -0.2) is 33.9 Å². The highest BCUT2D eigenvalue weighted by atomic mass is 19.1. The number of amides is 1. The molecule has 0 spiro atoms. The lowest BCUT2D eigenvalue weighted by Crippen LogP contribution is -2.36. The van der Waals surface area contributed by atoms with E-state index in [4.69, 9.17) is 15.6 Å². The lowest BCUT2D eigenvalue weighted by molar-refractivity contribution is -0.141. The highest BCUT2D eigenvalue weighted by Crippen LogP contribution is 2.23. The van der Waals surface area contributed by atoms with Crippen molar-refractivity contribution in [2.75, 3.05) is 5.32 Å². The third kappa shape index (κ3) is 4.97. The zero-order valence-electron chi connectivity index (χ0n) is 12.5. The summed E-state index contributed by atoms with van der Waals surface area (Å²) in [6.45, 7) is 5.04. The molecule has 8 heteroatoms. The van der Waals surface area contributed by atoms with Crippen LogP contribution in [0.25, 0.3) is 0 Å². The summed E-state index contributed by atoms with van der Waals surface area (Å²) in [5.74, 6) is -2.35. The van der Waals surface area contributed by atoms with E-state index < -0.39 is 35.6 Å². The molecule has 0 saturated heterocycles. The molecule has 122 valence electrons. The molecular weight excluding hydrogens is 295 g/mol. The second-order valence-electron chi connectivity index (χ2n) is 5.67. The standard InChI is InChI=1S/C14H19FN2O5/c1-14(2,3)22-13(21)17-7-4-5-8(9(15)6-7)11(18)10(16)12(19)20/h4-6,10-11,18H,16H2,1-3H3,(H,17,21)(H,19,20). The highest BCUT2D eigenvalue weighted by molar-refractivity contribution is 5.84. The number of benzene rings is 1. The number of ether oxygens (including phenoxy) is 1. The minimum Gasteiger partial charge on any atom is -0.480 e. The van der Waals surface area contributed by atoms with E-state index >= 15 is 0 Å². The molecule has 0 saturated carbocycles. The summed E-state index contributed by atoms with van der Waals surface area (Å²) in [7, 11) is 0. The van der Waals surface area contributed by atoms with Gasteiger partial charge in [-0.2, -0.15) is 0 Å². The molecule has 7 nitrogen and oxygen atoms in total. The number of nitrogens with one attached hydrogen (secondary N) is 1. The van der Waals surface area contributed by atoms with Crippen molar-refractivity contribution in [3.8, 4) is 0 Å². The number of aliphatic hydroxyl groups excluding tert-OH is 1. The fraction of sp³-hybridized carbons (Fsp3) is 0.429.